The highest BCUT2D eigenvalue weighted by molar-refractivity contribution is 5.00. The van der Waals surface area contributed by atoms with Gasteiger partial charge in [-0.25, -0.2) is 9.97 Å². The van der Waals surface area contributed by atoms with E-state index < -0.39 is 6.85 Å². The predicted octanol–water partition coefficient (Wildman–Crippen LogP) is 0.277. The van der Waals surface area contributed by atoms with E-state index >= 15 is 0 Å². The summed E-state index contributed by atoms with van der Waals surface area (Å²) in [5, 5.41) is 8.57. The Balaban J connectivity index is 2.93. The molecule has 0 spiro atoms. The van der Waals surface area contributed by atoms with Crippen molar-refractivity contribution in [1.82, 2.24) is 9.97 Å². The van der Waals surface area contributed by atoms with Crippen LogP contribution in [0.1, 0.15) is 15.5 Å². The van der Waals surface area contributed by atoms with Crippen molar-refractivity contribution in [1.29, 1.82) is 0 Å². The molecule has 1 N–H and O–H groups in total. The van der Waals surface area contributed by atoms with Crippen molar-refractivity contribution in [3.05, 3.63) is 23.8 Å². The highest BCUT2D eigenvalue weighted by atomic mass is 16.3. The molecule has 0 bridgehead atoms. The number of aliphatic hydroxyl groups is 1. The summed E-state index contributed by atoms with van der Waals surface area (Å²) >= 11 is 0. The zero-order chi connectivity index (χ0) is 9.19. The van der Waals surface area contributed by atoms with E-state index in [9.17, 15) is 0 Å². The van der Waals surface area contributed by atoms with E-state index in [1.165, 1.54) is 12.4 Å². The van der Waals surface area contributed by atoms with Gasteiger partial charge in [0.25, 0.3) is 0 Å². The predicted molar refractivity (Wildman–Crippen MR) is 32.7 cm³/mol. The van der Waals surface area contributed by atoms with E-state index in [1.807, 2.05) is 0 Å². The van der Waals surface area contributed by atoms with Gasteiger partial charge in [-0.2, -0.15) is 0 Å². The maximum Gasteiger partial charge on any atom is 0.153 e. The number of aliphatic hydroxyl groups excluding tert-OH is 1. The maximum absolute atomic E-state index is 8.57. The van der Waals surface area contributed by atoms with E-state index in [1.54, 1.807) is 0 Å². The third-order valence-corrected chi connectivity index (χ3v) is 0.847. The van der Waals surface area contributed by atoms with Crippen LogP contribution in [0.25, 0.3) is 0 Å². The Hall–Kier alpha value is -0.960. The second kappa shape index (κ2) is 2.55. The molecule has 3 nitrogen and oxygen atoms in total. The minimum Gasteiger partial charge on any atom is -0.388 e. The molecule has 0 amide bonds. The average Bonchev–Trinajstić information content (AvgIpc) is 2.03. The molecule has 48 valence electrons. The fourth-order valence-corrected chi connectivity index (χ4v) is 0.436. The maximum atomic E-state index is 8.57. The van der Waals surface area contributed by atoms with Crippen LogP contribution >= 0.6 is 0 Å². The fraction of sp³-hybridized carbons (Fsp3) is 0.333. The van der Waals surface area contributed by atoms with Crippen LogP contribution in [0, 0.1) is 6.85 Å². The normalized spacial score (nSPS) is 15.9. The van der Waals surface area contributed by atoms with Crippen LogP contribution in [-0.2, 0) is 6.61 Å². The molecular weight excluding hydrogens is 116 g/mol. The SMILES string of the molecule is [2H]C([2H])([2H])c1cnc(CO)nc1. The van der Waals surface area contributed by atoms with Crippen LogP contribution in [0.5, 0.6) is 0 Å². The molecule has 1 aromatic heterocycles. The Labute approximate surface area is 57.6 Å². The van der Waals surface area contributed by atoms with Gasteiger partial charge in [-0.3, -0.25) is 0 Å². The largest absolute Gasteiger partial charge is 0.388 e. The zero-order valence-electron chi connectivity index (χ0n) is 7.70. The topological polar surface area (TPSA) is 46.0 Å². The van der Waals surface area contributed by atoms with Gasteiger partial charge in [0.2, 0.25) is 0 Å². The van der Waals surface area contributed by atoms with E-state index in [4.69, 9.17) is 9.22 Å². The van der Waals surface area contributed by atoms with Gasteiger partial charge in [-0.15, -0.1) is 0 Å². The number of aryl methyl sites for hydroxylation is 1. The highest BCUT2D eigenvalue weighted by Crippen LogP contribution is 1.91. The fourth-order valence-electron chi connectivity index (χ4n) is 0.436. The summed E-state index contributed by atoms with van der Waals surface area (Å²) in [6.07, 6.45) is 2.40. The second-order valence-electron chi connectivity index (χ2n) is 1.55. The molecule has 0 radical (unpaired) electrons. The van der Waals surface area contributed by atoms with Crippen molar-refractivity contribution in [2.45, 2.75) is 13.5 Å². The summed E-state index contributed by atoms with van der Waals surface area (Å²) in [4.78, 5) is 7.29. The average molecular weight is 127 g/mol. The van der Waals surface area contributed by atoms with Gasteiger partial charge < -0.3 is 5.11 Å². The Morgan fingerprint density at radius 3 is 2.78 bits per heavy atom. The molecule has 0 aliphatic rings. The van der Waals surface area contributed by atoms with Crippen LogP contribution in [0.4, 0.5) is 0 Å². The molecule has 0 aromatic carbocycles. The van der Waals surface area contributed by atoms with Crippen LogP contribution in [0.15, 0.2) is 12.4 Å². The molecule has 3 heteroatoms. The van der Waals surface area contributed by atoms with Gasteiger partial charge in [0.1, 0.15) is 6.61 Å². The lowest BCUT2D eigenvalue weighted by atomic mass is 10.4. The highest BCUT2D eigenvalue weighted by Gasteiger charge is 1.89. The van der Waals surface area contributed by atoms with Crippen molar-refractivity contribution >= 4 is 0 Å². The Bertz CT molecular complexity index is 256. The van der Waals surface area contributed by atoms with E-state index in [0.717, 1.165) is 0 Å². The molecule has 0 unspecified atom stereocenters. The van der Waals surface area contributed by atoms with Crippen molar-refractivity contribution in [3.8, 4) is 0 Å². The Morgan fingerprint density at radius 2 is 2.33 bits per heavy atom. The molecule has 1 rings (SSSR count). The lowest BCUT2D eigenvalue weighted by molar-refractivity contribution is 0.271. The van der Waals surface area contributed by atoms with Crippen molar-refractivity contribution in [2.75, 3.05) is 0 Å². The Morgan fingerprint density at radius 1 is 1.67 bits per heavy atom. The molecule has 0 aliphatic heterocycles. The summed E-state index contributed by atoms with van der Waals surface area (Å²) in [5.74, 6) is 0.225. The van der Waals surface area contributed by atoms with Crippen LogP contribution in [-0.4, -0.2) is 15.1 Å². The van der Waals surface area contributed by atoms with Crippen LogP contribution in [0.2, 0.25) is 0 Å². The third-order valence-electron chi connectivity index (χ3n) is 0.847. The quantitative estimate of drug-likeness (QED) is 0.589. The summed E-state index contributed by atoms with van der Waals surface area (Å²) in [6, 6.07) is 0. The van der Waals surface area contributed by atoms with Crippen molar-refractivity contribution in [3.63, 3.8) is 0 Å². The molecule has 0 saturated carbocycles. The smallest absolute Gasteiger partial charge is 0.153 e. The number of rotatable bonds is 1. The first kappa shape index (κ1) is 3.27. The number of aromatic nitrogens is 2. The lowest BCUT2D eigenvalue weighted by Crippen LogP contribution is -1.92. The standard InChI is InChI=1S/C6H8N2O/c1-5-2-7-6(4-9)8-3-5/h2-3,9H,4H2,1H3/i1D3. The summed E-state index contributed by atoms with van der Waals surface area (Å²) in [6.45, 7) is -2.45. The second-order valence-corrected chi connectivity index (χ2v) is 1.55. The van der Waals surface area contributed by atoms with Crippen molar-refractivity contribution < 1.29 is 9.22 Å². The van der Waals surface area contributed by atoms with Gasteiger partial charge in [0.15, 0.2) is 5.82 Å². The van der Waals surface area contributed by atoms with E-state index in [0.29, 0.717) is 0 Å². The van der Waals surface area contributed by atoms with Gasteiger partial charge in [0.05, 0.1) is 0 Å². The molecule has 1 heterocycles. The van der Waals surface area contributed by atoms with Crippen LogP contribution in [0.3, 0.4) is 0 Å². The molecule has 0 fully saturated rings. The van der Waals surface area contributed by atoms with Gasteiger partial charge in [-0.1, -0.05) is 0 Å². The Kier molecular flexibility index (Phi) is 0.926. The van der Waals surface area contributed by atoms with Gasteiger partial charge >= 0.3 is 0 Å². The minimum atomic E-state index is -2.17. The van der Waals surface area contributed by atoms with Gasteiger partial charge in [-0.05, 0) is 12.4 Å². The first-order valence-electron chi connectivity index (χ1n) is 3.96. The molecule has 1 aromatic rings. The van der Waals surface area contributed by atoms with E-state index in [2.05, 4.69) is 9.97 Å². The number of hydrogen-bond donors (Lipinski definition) is 1. The molecule has 0 atom stereocenters. The summed E-state index contributed by atoms with van der Waals surface area (Å²) < 4.78 is 21.0. The first-order valence-corrected chi connectivity index (χ1v) is 2.46. The summed E-state index contributed by atoms with van der Waals surface area (Å²) in [5.41, 5.74) is 0.0831. The lowest BCUT2D eigenvalue weighted by Gasteiger charge is -1.92. The first-order chi connectivity index (χ1) is 5.54. The zero-order valence-corrected chi connectivity index (χ0v) is 4.70. The summed E-state index contributed by atoms with van der Waals surface area (Å²) in [7, 11) is 0. The monoisotopic (exact) mass is 127 g/mol. The minimum absolute atomic E-state index is 0.0831. The molecular formula is C6H8N2O. The molecule has 0 saturated heterocycles. The van der Waals surface area contributed by atoms with Gasteiger partial charge in [0, 0.05) is 16.5 Å². The number of hydrogen-bond acceptors (Lipinski definition) is 3. The number of nitrogens with zero attached hydrogens (tertiary/aromatic N) is 2. The van der Waals surface area contributed by atoms with Crippen molar-refractivity contribution in [2.24, 2.45) is 0 Å². The van der Waals surface area contributed by atoms with E-state index in [-0.39, 0.29) is 18.0 Å². The third kappa shape index (κ3) is 1.47. The molecule has 0 aliphatic carbocycles. The van der Waals surface area contributed by atoms with Crippen LogP contribution < -0.4 is 0 Å². The molecule has 9 heavy (non-hydrogen) atoms.